The quantitative estimate of drug-likeness (QED) is 0.920. The molecule has 1 heterocycles. The Kier molecular flexibility index (Phi) is 4.59. The van der Waals surface area contributed by atoms with Gasteiger partial charge in [0.15, 0.2) is 5.96 Å². The first-order chi connectivity index (χ1) is 10.8. The Morgan fingerprint density at radius 3 is 2.73 bits per heavy atom. The van der Waals surface area contributed by atoms with Crippen molar-refractivity contribution in [1.82, 2.24) is 10.2 Å². The molecule has 0 spiro atoms. The molecule has 114 valence electrons. The minimum Gasteiger partial charge on any atom is -0.457 e. The summed E-state index contributed by atoms with van der Waals surface area (Å²) in [6.45, 7) is 5.78. The Morgan fingerprint density at radius 1 is 1.09 bits per heavy atom. The summed E-state index contributed by atoms with van der Waals surface area (Å²) >= 11 is 0. The third-order valence-electron chi connectivity index (χ3n) is 3.64. The Hall–Kier alpha value is -2.49. The van der Waals surface area contributed by atoms with Gasteiger partial charge in [0.1, 0.15) is 11.5 Å². The molecule has 2 aromatic carbocycles. The lowest BCUT2D eigenvalue weighted by Crippen LogP contribution is -2.37. The summed E-state index contributed by atoms with van der Waals surface area (Å²) < 4.78 is 5.86. The molecule has 0 aromatic heterocycles. The largest absolute Gasteiger partial charge is 0.457 e. The van der Waals surface area contributed by atoms with Crippen LogP contribution >= 0.6 is 0 Å². The van der Waals surface area contributed by atoms with E-state index in [9.17, 15) is 0 Å². The predicted octanol–water partition coefficient (Wildman–Crippen LogP) is 3.26. The molecule has 1 N–H and O–H groups in total. The first-order valence-electron chi connectivity index (χ1n) is 7.70. The minimum absolute atomic E-state index is 0.751. The topological polar surface area (TPSA) is 36.9 Å². The van der Waals surface area contributed by atoms with Crippen LogP contribution in [0.4, 0.5) is 0 Å². The molecule has 0 aliphatic carbocycles. The summed E-state index contributed by atoms with van der Waals surface area (Å²) in [6.07, 6.45) is 0. The molecule has 0 atom stereocenters. The van der Waals surface area contributed by atoms with E-state index in [0.717, 1.165) is 43.6 Å². The van der Waals surface area contributed by atoms with Crippen molar-refractivity contribution in [2.24, 2.45) is 4.99 Å². The van der Waals surface area contributed by atoms with Crippen LogP contribution in [0.15, 0.2) is 59.6 Å². The lowest BCUT2D eigenvalue weighted by Gasteiger charge is -2.19. The van der Waals surface area contributed by atoms with E-state index in [2.05, 4.69) is 34.3 Å². The van der Waals surface area contributed by atoms with Crippen molar-refractivity contribution >= 4 is 5.96 Å². The van der Waals surface area contributed by atoms with Crippen LogP contribution in [0.1, 0.15) is 12.5 Å². The van der Waals surface area contributed by atoms with Gasteiger partial charge in [-0.05, 0) is 36.8 Å². The number of likely N-dealkylation sites (N-methyl/N-ethyl adjacent to an activating group) is 1. The molecule has 1 aliphatic rings. The molecule has 22 heavy (non-hydrogen) atoms. The number of hydrogen-bond acceptors (Lipinski definition) is 4. The van der Waals surface area contributed by atoms with Gasteiger partial charge < -0.3 is 15.0 Å². The fourth-order valence-electron chi connectivity index (χ4n) is 2.48. The highest BCUT2D eigenvalue weighted by Gasteiger charge is 2.14. The maximum Gasteiger partial charge on any atom is 0.194 e. The predicted molar refractivity (Wildman–Crippen MR) is 89.3 cm³/mol. The summed E-state index contributed by atoms with van der Waals surface area (Å²) in [7, 11) is 0. The van der Waals surface area contributed by atoms with Gasteiger partial charge in [0, 0.05) is 19.6 Å². The van der Waals surface area contributed by atoms with Crippen LogP contribution in [-0.2, 0) is 6.54 Å². The molecule has 0 fully saturated rings. The minimum atomic E-state index is 0.751. The number of guanidine groups is 1. The van der Waals surface area contributed by atoms with Gasteiger partial charge >= 0.3 is 0 Å². The lowest BCUT2D eigenvalue weighted by molar-refractivity contribution is 0.465. The van der Waals surface area contributed by atoms with E-state index in [-0.39, 0.29) is 0 Å². The SMILES string of the molecule is CCN1CCN=C1NCc1cccc(Oc2ccccc2)c1. The number of ether oxygens (including phenoxy) is 1. The smallest absolute Gasteiger partial charge is 0.194 e. The van der Waals surface area contributed by atoms with Gasteiger partial charge in [-0.25, -0.2) is 0 Å². The van der Waals surface area contributed by atoms with E-state index in [1.165, 1.54) is 5.56 Å². The second kappa shape index (κ2) is 6.98. The summed E-state index contributed by atoms with van der Waals surface area (Å²) in [5.74, 6) is 2.70. The van der Waals surface area contributed by atoms with Crippen LogP contribution in [0, 0.1) is 0 Å². The van der Waals surface area contributed by atoms with Crippen LogP contribution in [0.25, 0.3) is 0 Å². The highest BCUT2D eigenvalue weighted by atomic mass is 16.5. The van der Waals surface area contributed by atoms with Crippen LogP contribution in [0.2, 0.25) is 0 Å². The Bertz CT molecular complexity index is 640. The van der Waals surface area contributed by atoms with E-state index in [4.69, 9.17) is 4.74 Å². The van der Waals surface area contributed by atoms with Crippen LogP contribution in [-0.4, -0.2) is 30.5 Å². The van der Waals surface area contributed by atoms with Crippen molar-refractivity contribution in [3.63, 3.8) is 0 Å². The lowest BCUT2D eigenvalue weighted by atomic mass is 10.2. The first kappa shape index (κ1) is 14.4. The molecular weight excluding hydrogens is 274 g/mol. The second-order valence-corrected chi connectivity index (χ2v) is 5.20. The Labute approximate surface area is 131 Å². The molecule has 0 amide bonds. The normalized spacial score (nSPS) is 13.9. The standard InChI is InChI=1S/C18H21N3O/c1-2-21-12-11-19-18(21)20-14-15-7-6-10-17(13-15)22-16-8-4-3-5-9-16/h3-10,13H,2,11-12,14H2,1H3,(H,19,20). The second-order valence-electron chi connectivity index (χ2n) is 5.20. The number of hydrogen-bond donors (Lipinski definition) is 1. The third-order valence-corrected chi connectivity index (χ3v) is 3.64. The molecule has 2 aromatic rings. The Morgan fingerprint density at radius 2 is 1.91 bits per heavy atom. The van der Waals surface area contributed by atoms with Crippen LogP contribution in [0.5, 0.6) is 11.5 Å². The van der Waals surface area contributed by atoms with Crippen molar-refractivity contribution in [2.75, 3.05) is 19.6 Å². The van der Waals surface area contributed by atoms with E-state index >= 15 is 0 Å². The molecule has 4 heteroatoms. The van der Waals surface area contributed by atoms with E-state index in [0.29, 0.717) is 0 Å². The van der Waals surface area contributed by atoms with E-state index < -0.39 is 0 Å². The number of aliphatic imine (C=N–C) groups is 1. The summed E-state index contributed by atoms with van der Waals surface area (Å²) in [6, 6.07) is 18.0. The number of rotatable bonds is 5. The van der Waals surface area contributed by atoms with Gasteiger partial charge in [0.2, 0.25) is 0 Å². The molecule has 1 aliphatic heterocycles. The van der Waals surface area contributed by atoms with Gasteiger partial charge in [-0.2, -0.15) is 0 Å². The monoisotopic (exact) mass is 295 g/mol. The Balaban J connectivity index is 1.62. The number of benzene rings is 2. The number of nitrogens with one attached hydrogen (secondary N) is 1. The summed E-state index contributed by atoms with van der Waals surface area (Å²) in [5.41, 5.74) is 1.18. The average Bonchev–Trinajstić information content (AvgIpc) is 3.02. The molecule has 0 saturated heterocycles. The molecule has 4 nitrogen and oxygen atoms in total. The highest BCUT2D eigenvalue weighted by Crippen LogP contribution is 2.21. The number of nitrogens with zero attached hydrogens (tertiary/aromatic N) is 2. The molecular formula is C18H21N3O. The molecule has 0 radical (unpaired) electrons. The van der Waals surface area contributed by atoms with Crippen molar-refractivity contribution < 1.29 is 4.74 Å². The summed E-state index contributed by atoms with van der Waals surface area (Å²) in [4.78, 5) is 6.75. The zero-order valence-corrected chi connectivity index (χ0v) is 12.8. The van der Waals surface area contributed by atoms with Gasteiger partial charge in [-0.1, -0.05) is 30.3 Å². The maximum absolute atomic E-state index is 5.86. The zero-order valence-electron chi connectivity index (χ0n) is 12.8. The first-order valence-corrected chi connectivity index (χ1v) is 7.70. The van der Waals surface area contributed by atoms with Gasteiger partial charge in [-0.15, -0.1) is 0 Å². The van der Waals surface area contributed by atoms with Crippen molar-refractivity contribution in [3.05, 3.63) is 60.2 Å². The van der Waals surface area contributed by atoms with Crippen LogP contribution < -0.4 is 10.1 Å². The third kappa shape index (κ3) is 3.58. The summed E-state index contributed by atoms with van der Waals surface area (Å²) in [5, 5.41) is 3.41. The molecule has 0 unspecified atom stereocenters. The number of para-hydroxylation sites is 1. The van der Waals surface area contributed by atoms with Gasteiger partial charge in [-0.3, -0.25) is 4.99 Å². The maximum atomic E-state index is 5.86. The molecule has 3 rings (SSSR count). The van der Waals surface area contributed by atoms with Crippen molar-refractivity contribution in [3.8, 4) is 11.5 Å². The van der Waals surface area contributed by atoms with E-state index in [1.807, 2.05) is 42.5 Å². The molecule has 0 bridgehead atoms. The van der Waals surface area contributed by atoms with Gasteiger partial charge in [0.05, 0.1) is 6.54 Å². The van der Waals surface area contributed by atoms with Crippen molar-refractivity contribution in [1.29, 1.82) is 0 Å². The average molecular weight is 295 g/mol. The fourth-order valence-corrected chi connectivity index (χ4v) is 2.48. The zero-order chi connectivity index (χ0) is 15.2. The van der Waals surface area contributed by atoms with Crippen LogP contribution in [0.3, 0.4) is 0 Å². The van der Waals surface area contributed by atoms with Gasteiger partial charge in [0.25, 0.3) is 0 Å². The highest BCUT2D eigenvalue weighted by molar-refractivity contribution is 5.81. The fraction of sp³-hybridized carbons (Fsp3) is 0.278. The van der Waals surface area contributed by atoms with E-state index in [1.54, 1.807) is 0 Å². The van der Waals surface area contributed by atoms with Crippen molar-refractivity contribution in [2.45, 2.75) is 13.5 Å². The molecule has 0 saturated carbocycles.